The Bertz CT molecular complexity index is 818. The molecule has 0 spiro atoms. The molecule has 7 nitrogen and oxygen atoms in total. The van der Waals surface area contributed by atoms with E-state index in [2.05, 4.69) is 20.4 Å². The number of fused-ring (bicyclic) bond motifs is 1. The fourth-order valence-corrected chi connectivity index (χ4v) is 3.64. The third-order valence-electron chi connectivity index (χ3n) is 5.23. The lowest BCUT2D eigenvalue weighted by molar-refractivity contribution is 0.159. The zero-order valence-electron chi connectivity index (χ0n) is 14.9. The number of rotatable bonds is 3. The predicted molar refractivity (Wildman–Crippen MR) is 93.6 cm³/mol. The van der Waals surface area contributed by atoms with Crippen molar-refractivity contribution in [2.75, 3.05) is 19.6 Å². The van der Waals surface area contributed by atoms with E-state index in [1.807, 2.05) is 4.57 Å². The number of carbonyl (C=O) groups is 1. The van der Waals surface area contributed by atoms with Gasteiger partial charge in [-0.25, -0.2) is 13.6 Å². The van der Waals surface area contributed by atoms with Crippen LogP contribution in [0.3, 0.4) is 0 Å². The van der Waals surface area contributed by atoms with Crippen molar-refractivity contribution in [3.8, 4) is 0 Å². The lowest BCUT2D eigenvalue weighted by Crippen LogP contribution is -2.50. The van der Waals surface area contributed by atoms with Crippen molar-refractivity contribution in [2.24, 2.45) is 0 Å². The van der Waals surface area contributed by atoms with Crippen LogP contribution in [0.25, 0.3) is 0 Å². The Kier molecular flexibility index (Phi) is 5.02. The van der Waals surface area contributed by atoms with Gasteiger partial charge in [-0.3, -0.25) is 4.90 Å². The maximum atomic E-state index is 13.3. The topological polar surface area (TPSA) is 66.3 Å². The number of halogens is 2. The summed E-state index contributed by atoms with van der Waals surface area (Å²) in [6.45, 7) is 4.02. The van der Waals surface area contributed by atoms with Crippen LogP contribution in [0.1, 0.15) is 24.2 Å². The van der Waals surface area contributed by atoms with Crippen LogP contribution in [0, 0.1) is 11.6 Å². The second-order valence-electron chi connectivity index (χ2n) is 7.11. The van der Waals surface area contributed by atoms with Gasteiger partial charge in [0.2, 0.25) is 0 Å². The van der Waals surface area contributed by atoms with Crippen LogP contribution in [0.2, 0.25) is 0 Å². The van der Waals surface area contributed by atoms with E-state index < -0.39 is 11.6 Å². The van der Waals surface area contributed by atoms with Crippen LogP contribution in [-0.2, 0) is 19.6 Å². The monoisotopic (exact) mass is 376 g/mol. The molecule has 1 aromatic heterocycles. The van der Waals surface area contributed by atoms with Crippen LogP contribution < -0.4 is 5.32 Å². The summed E-state index contributed by atoms with van der Waals surface area (Å²) in [6, 6.07) is 4.08. The van der Waals surface area contributed by atoms with Crippen molar-refractivity contribution in [1.82, 2.24) is 29.9 Å². The molecule has 9 heteroatoms. The highest BCUT2D eigenvalue weighted by atomic mass is 19.2. The third kappa shape index (κ3) is 4.08. The molecule has 27 heavy (non-hydrogen) atoms. The number of urea groups is 1. The first-order valence-electron chi connectivity index (χ1n) is 9.17. The van der Waals surface area contributed by atoms with Crippen LogP contribution in [0.4, 0.5) is 13.6 Å². The van der Waals surface area contributed by atoms with Crippen molar-refractivity contribution in [3.05, 3.63) is 47.5 Å². The first-order valence-corrected chi connectivity index (χ1v) is 9.17. The molecule has 3 heterocycles. The number of nitrogens with one attached hydrogen (secondary N) is 1. The predicted octanol–water partition coefficient (Wildman–Crippen LogP) is 1.75. The van der Waals surface area contributed by atoms with Gasteiger partial charge in [-0.15, -0.1) is 10.2 Å². The van der Waals surface area contributed by atoms with Crippen LogP contribution >= 0.6 is 0 Å². The summed E-state index contributed by atoms with van der Waals surface area (Å²) in [7, 11) is 0. The van der Waals surface area contributed by atoms with E-state index in [0.29, 0.717) is 26.2 Å². The number of aromatic nitrogens is 3. The molecule has 2 aromatic rings. The first kappa shape index (κ1) is 17.8. The van der Waals surface area contributed by atoms with Crippen LogP contribution in [-0.4, -0.2) is 56.3 Å². The Labute approximate surface area is 156 Å². The molecule has 1 fully saturated rings. The molecule has 144 valence electrons. The highest BCUT2D eigenvalue weighted by Gasteiger charge is 2.26. The number of carbonyl (C=O) groups excluding carboxylic acids is 1. The summed E-state index contributed by atoms with van der Waals surface area (Å²) in [5, 5.41) is 11.0. The van der Waals surface area contributed by atoms with Gasteiger partial charge in [0.25, 0.3) is 0 Å². The van der Waals surface area contributed by atoms with Gasteiger partial charge in [-0.2, -0.15) is 0 Å². The molecular formula is C18H22F2N6O. The number of nitrogens with zero attached hydrogens (tertiary/aromatic N) is 5. The fraction of sp³-hybridized carbons (Fsp3) is 0.500. The Morgan fingerprint density at radius 1 is 1.15 bits per heavy atom. The van der Waals surface area contributed by atoms with Gasteiger partial charge in [0.1, 0.15) is 6.33 Å². The van der Waals surface area contributed by atoms with Gasteiger partial charge in [-0.1, -0.05) is 6.07 Å². The minimum atomic E-state index is -0.823. The van der Waals surface area contributed by atoms with E-state index in [1.165, 1.54) is 6.07 Å². The maximum absolute atomic E-state index is 13.3. The van der Waals surface area contributed by atoms with E-state index in [9.17, 15) is 13.6 Å². The van der Waals surface area contributed by atoms with Gasteiger partial charge in [0.15, 0.2) is 17.5 Å². The molecule has 0 bridgehead atoms. The zero-order chi connectivity index (χ0) is 18.8. The van der Waals surface area contributed by atoms with Gasteiger partial charge in [0.05, 0.1) is 6.54 Å². The van der Waals surface area contributed by atoms with E-state index in [-0.39, 0.29) is 12.1 Å². The molecule has 0 saturated carbocycles. The summed E-state index contributed by atoms with van der Waals surface area (Å²) in [6.07, 6.45) is 3.35. The van der Waals surface area contributed by atoms with Crippen molar-refractivity contribution in [3.63, 3.8) is 0 Å². The summed E-state index contributed by atoms with van der Waals surface area (Å²) in [5.41, 5.74) is 0.758. The summed E-state index contributed by atoms with van der Waals surface area (Å²) >= 11 is 0. The number of hydrogen-bond donors (Lipinski definition) is 1. The Balaban J connectivity index is 1.24. The second kappa shape index (κ2) is 7.59. The molecule has 0 atom stereocenters. The summed E-state index contributed by atoms with van der Waals surface area (Å²) in [4.78, 5) is 16.5. The normalized spacial score (nSPS) is 18.4. The van der Waals surface area contributed by atoms with Gasteiger partial charge in [-0.05, 0) is 30.5 Å². The first-order chi connectivity index (χ1) is 13.1. The van der Waals surface area contributed by atoms with Crippen molar-refractivity contribution >= 4 is 6.03 Å². The molecule has 1 aromatic carbocycles. The second-order valence-corrected chi connectivity index (χ2v) is 7.11. The Hall–Kier alpha value is -2.55. The summed E-state index contributed by atoms with van der Waals surface area (Å²) < 4.78 is 28.3. The average molecular weight is 376 g/mol. The molecule has 0 aliphatic carbocycles. The fourth-order valence-electron chi connectivity index (χ4n) is 3.64. The summed E-state index contributed by atoms with van der Waals surface area (Å²) in [5.74, 6) is -0.833. The zero-order valence-corrected chi connectivity index (χ0v) is 14.9. The van der Waals surface area contributed by atoms with Crippen molar-refractivity contribution in [2.45, 2.75) is 38.5 Å². The smallest absolute Gasteiger partial charge is 0.318 e. The standard InChI is InChI=1S/C18H22F2N6O/c19-15-2-1-13(9-16(15)20)10-24-5-3-14(4-6-24)22-18(27)25-7-8-26-12-21-23-17(26)11-25/h1-2,9,12,14H,3-8,10-11H2,(H,22,27). The van der Waals surface area contributed by atoms with Crippen molar-refractivity contribution in [1.29, 1.82) is 0 Å². The third-order valence-corrected chi connectivity index (χ3v) is 5.23. The SMILES string of the molecule is O=C(NC1CCN(Cc2ccc(F)c(F)c2)CC1)N1CCn2cnnc2C1. The highest BCUT2D eigenvalue weighted by molar-refractivity contribution is 5.74. The minimum Gasteiger partial charge on any atom is -0.335 e. The lowest BCUT2D eigenvalue weighted by Gasteiger charge is -2.34. The number of likely N-dealkylation sites (tertiary alicyclic amines) is 1. The minimum absolute atomic E-state index is 0.0664. The maximum Gasteiger partial charge on any atom is 0.318 e. The Morgan fingerprint density at radius 2 is 1.96 bits per heavy atom. The lowest BCUT2D eigenvalue weighted by atomic mass is 10.0. The molecule has 2 amide bonds. The molecule has 2 aliphatic rings. The molecule has 1 saturated heterocycles. The molecule has 0 unspecified atom stereocenters. The number of amides is 2. The highest BCUT2D eigenvalue weighted by Crippen LogP contribution is 2.17. The molecule has 4 rings (SSSR count). The van der Waals surface area contributed by atoms with E-state index in [4.69, 9.17) is 0 Å². The molecule has 0 radical (unpaired) electrons. The van der Waals surface area contributed by atoms with Gasteiger partial charge >= 0.3 is 6.03 Å². The Morgan fingerprint density at radius 3 is 2.74 bits per heavy atom. The quantitative estimate of drug-likeness (QED) is 0.886. The molecular weight excluding hydrogens is 354 g/mol. The van der Waals surface area contributed by atoms with E-state index >= 15 is 0 Å². The van der Waals surface area contributed by atoms with Crippen LogP contribution in [0.15, 0.2) is 24.5 Å². The number of piperidine rings is 1. The van der Waals surface area contributed by atoms with Gasteiger partial charge in [0, 0.05) is 38.8 Å². The van der Waals surface area contributed by atoms with Crippen LogP contribution in [0.5, 0.6) is 0 Å². The molecule has 2 aliphatic heterocycles. The number of benzene rings is 1. The van der Waals surface area contributed by atoms with Crippen molar-refractivity contribution < 1.29 is 13.6 Å². The van der Waals surface area contributed by atoms with Gasteiger partial charge < -0.3 is 14.8 Å². The average Bonchev–Trinajstić information content (AvgIpc) is 3.14. The van der Waals surface area contributed by atoms with E-state index in [0.717, 1.165) is 43.4 Å². The molecule has 1 N–H and O–H groups in total. The van der Waals surface area contributed by atoms with E-state index in [1.54, 1.807) is 17.3 Å². The largest absolute Gasteiger partial charge is 0.335 e. The number of hydrogen-bond acceptors (Lipinski definition) is 4.